The predicted molar refractivity (Wildman–Crippen MR) is 85.8 cm³/mol. The van der Waals surface area contributed by atoms with Gasteiger partial charge in [0.15, 0.2) is 0 Å². The summed E-state index contributed by atoms with van der Waals surface area (Å²) in [6.45, 7) is 5.55. The molecule has 1 aliphatic heterocycles. The first-order valence-corrected chi connectivity index (χ1v) is 7.92. The first kappa shape index (κ1) is 16.9. The summed E-state index contributed by atoms with van der Waals surface area (Å²) in [6, 6.07) is 8.62. The number of piperazine rings is 1. The molecule has 22 heavy (non-hydrogen) atoms. The summed E-state index contributed by atoms with van der Waals surface area (Å²) in [6.07, 6.45) is 1.03. The maximum atomic E-state index is 12.4. The summed E-state index contributed by atoms with van der Waals surface area (Å²) in [5.41, 5.74) is 2.49. The Morgan fingerprint density at radius 1 is 1.32 bits per heavy atom. The minimum absolute atomic E-state index is 0.0437. The summed E-state index contributed by atoms with van der Waals surface area (Å²) in [5.74, 6) is 0.0437. The molecule has 0 aliphatic carbocycles. The van der Waals surface area contributed by atoms with E-state index in [2.05, 4.69) is 36.5 Å². The van der Waals surface area contributed by atoms with Crippen LogP contribution in [0.5, 0.6) is 0 Å². The van der Waals surface area contributed by atoms with Gasteiger partial charge < -0.3 is 19.7 Å². The molecule has 0 bridgehead atoms. The van der Waals surface area contributed by atoms with Crippen LogP contribution in [0, 0.1) is 0 Å². The Balaban J connectivity index is 1.99. The quantitative estimate of drug-likeness (QED) is 0.773. The molecule has 0 aromatic heterocycles. The molecular weight excluding hydrogens is 280 g/mol. The Morgan fingerprint density at radius 3 is 2.77 bits per heavy atom. The van der Waals surface area contributed by atoms with Crippen molar-refractivity contribution < 1.29 is 14.3 Å². The van der Waals surface area contributed by atoms with Gasteiger partial charge in [0.1, 0.15) is 6.61 Å². The molecule has 1 atom stereocenters. The van der Waals surface area contributed by atoms with E-state index < -0.39 is 0 Å². The van der Waals surface area contributed by atoms with Crippen molar-refractivity contribution in [1.82, 2.24) is 10.2 Å². The molecule has 0 saturated carbocycles. The zero-order valence-corrected chi connectivity index (χ0v) is 13.5. The Morgan fingerprint density at radius 2 is 2.09 bits per heavy atom. The number of benzene rings is 1. The average Bonchev–Trinajstić information content (AvgIpc) is 2.58. The fourth-order valence-corrected chi connectivity index (χ4v) is 2.66. The standard InChI is InChI=1S/C17H26N2O3/c1-3-14-4-6-15(7-5-14)16-12-18-8-9-19(16)17(20)13-22-11-10-21-2/h4-7,16,18H,3,8-13H2,1-2H3. The Bertz CT molecular complexity index is 461. The first-order chi connectivity index (χ1) is 10.8. The monoisotopic (exact) mass is 306 g/mol. The van der Waals surface area contributed by atoms with Crippen molar-refractivity contribution in [2.24, 2.45) is 0 Å². The summed E-state index contributed by atoms with van der Waals surface area (Å²) in [5, 5.41) is 3.37. The molecule has 1 amide bonds. The molecule has 2 rings (SSSR count). The van der Waals surface area contributed by atoms with Crippen molar-refractivity contribution in [1.29, 1.82) is 0 Å². The van der Waals surface area contributed by atoms with Crippen LogP contribution in [-0.4, -0.2) is 57.4 Å². The SMILES string of the molecule is CCc1ccc(C2CNCCN2C(=O)COCCOC)cc1. The third-order valence-corrected chi connectivity index (χ3v) is 3.99. The summed E-state index contributed by atoms with van der Waals surface area (Å²) < 4.78 is 10.3. The smallest absolute Gasteiger partial charge is 0.249 e. The largest absolute Gasteiger partial charge is 0.382 e. The van der Waals surface area contributed by atoms with Crippen molar-refractivity contribution in [3.05, 3.63) is 35.4 Å². The minimum atomic E-state index is 0.0437. The normalized spacial score (nSPS) is 18.5. The fraction of sp³-hybridized carbons (Fsp3) is 0.588. The molecule has 5 nitrogen and oxygen atoms in total. The molecule has 1 aromatic carbocycles. The third-order valence-electron chi connectivity index (χ3n) is 3.99. The number of aryl methyl sites for hydroxylation is 1. The number of hydrogen-bond acceptors (Lipinski definition) is 4. The Kier molecular flexibility index (Phi) is 6.83. The van der Waals surface area contributed by atoms with Crippen molar-refractivity contribution in [2.45, 2.75) is 19.4 Å². The van der Waals surface area contributed by atoms with Gasteiger partial charge in [0.05, 0.1) is 19.3 Å². The van der Waals surface area contributed by atoms with Crippen LogP contribution in [0.3, 0.4) is 0 Å². The van der Waals surface area contributed by atoms with Crippen molar-refractivity contribution in [3.63, 3.8) is 0 Å². The maximum Gasteiger partial charge on any atom is 0.249 e. The third kappa shape index (κ3) is 4.53. The topological polar surface area (TPSA) is 50.8 Å². The molecule has 1 saturated heterocycles. The van der Waals surface area contributed by atoms with Gasteiger partial charge >= 0.3 is 0 Å². The maximum absolute atomic E-state index is 12.4. The molecule has 1 aromatic rings. The molecule has 1 unspecified atom stereocenters. The predicted octanol–water partition coefficient (Wildman–Crippen LogP) is 1.38. The van der Waals surface area contributed by atoms with E-state index in [1.165, 1.54) is 11.1 Å². The Hall–Kier alpha value is -1.43. The molecule has 0 radical (unpaired) electrons. The van der Waals surface area contributed by atoms with Gasteiger partial charge in [-0.05, 0) is 17.5 Å². The van der Waals surface area contributed by atoms with Crippen molar-refractivity contribution in [2.75, 3.05) is 46.6 Å². The number of hydrogen-bond donors (Lipinski definition) is 1. The van der Waals surface area contributed by atoms with E-state index in [0.717, 1.165) is 19.5 Å². The fourth-order valence-electron chi connectivity index (χ4n) is 2.66. The van der Waals surface area contributed by atoms with Gasteiger partial charge in [-0.2, -0.15) is 0 Å². The molecule has 1 heterocycles. The van der Waals surface area contributed by atoms with E-state index in [1.54, 1.807) is 7.11 Å². The minimum Gasteiger partial charge on any atom is -0.382 e. The number of methoxy groups -OCH3 is 1. The number of carbonyl (C=O) groups excluding carboxylic acids is 1. The lowest BCUT2D eigenvalue weighted by Crippen LogP contribution is -2.49. The summed E-state index contributed by atoms with van der Waals surface area (Å²) >= 11 is 0. The molecule has 1 aliphatic rings. The lowest BCUT2D eigenvalue weighted by atomic mass is 10.0. The molecule has 1 fully saturated rings. The van der Waals surface area contributed by atoms with Gasteiger partial charge in [0.2, 0.25) is 5.91 Å². The Labute approximate surface area is 132 Å². The summed E-state index contributed by atoms with van der Waals surface area (Å²) in [4.78, 5) is 14.3. The second kappa shape index (κ2) is 8.88. The van der Waals surface area contributed by atoms with Gasteiger partial charge in [-0.15, -0.1) is 0 Å². The zero-order chi connectivity index (χ0) is 15.8. The molecule has 5 heteroatoms. The highest BCUT2D eigenvalue weighted by atomic mass is 16.5. The number of nitrogens with zero attached hydrogens (tertiary/aromatic N) is 1. The molecule has 1 N–H and O–H groups in total. The molecular formula is C17H26N2O3. The van der Waals surface area contributed by atoms with Crippen LogP contribution >= 0.6 is 0 Å². The molecule has 122 valence electrons. The number of ether oxygens (including phenoxy) is 2. The highest BCUT2D eigenvalue weighted by molar-refractivity contribution is 5.78. The van der Waals surface area contributed by atoms with Crippen LogP contribution in [0.1, 0.15) is 24.1 Å². The second-order valence-corrected chi connectivity index (χ2v) is 5.45. The van der Waals surface area contributed by atoms with Gasteiger partial charge in [-0.1, -0.05) is 31.2 Å². The van der Waals surface area contributed by atoms with E-state index in [1.807, 2.05) is 4.90 Å². The lowest BCUT2D eigenvalue weighted by Gasteiger charge is -2.36. The van der Waals surface area contributed by atoms with E-state index in [-0.39, 0.29) is 18.6 Å². The average molecular weight is 306 g/mol. The van der Waals surface area contributed by atoms with Crippen LogP contribution in [0.15, 0.2) is 24.3 Å². The van der Waals surface area contributed by atoms with Crippen LogP contribution in [0.4, 0.5) is 0 Å². The summed E-state index contributed by atoms with van der Waals surface area (Å²) in [7, 11) is 1.62. The van der Waals surface area contributed by atoms with Crippen molar-refractivity contribution >= 4 is 5.91 Å². The first-order valence-electron chi connectivity index (χ1n) is 7.92. The second-order valence-electron chi connectivity index (χ2n) is 5.45. The van der Waals surface area contributed by atoms with Gasteiger partial charge in [-0.3, -0.25) is 4.79 Å². The number of nitrogens with one attached hydrogen (secondary N) is 1. The lowest BCUT2D eigenvalue weighted by molar-refractivity contribution is -0.140. The van der Waals surface area contributed by atoms with Gasteiger partial charge in [0.25, 0.3) is 0 Å². The number of amides is 1. The zero-order valence-electron chi connectivity index (χ0n) is 13.5. The van der Waals surface area contributed by atoms with Crippen LogP contribution < -0.4 is 5.32 Å². The van der Waals surface area contributed by atoms with Gasteiger partial charge in [-0.25, -0.2) is 0 Å². The van der Waals surface area contributed by atoms with Gasteiger partial charge in [0, 0.05) is 26.7 Å². The number of rotatable bonds is 7. The van der Waals surface area contributed by atoms with Crippen LogP contribution in [-0.2, 0) is 20.7 Å². The molecule has 0 spiro atoms. The van der Waals surface area contributed by atoms with Crippen LogP contribution in [0.2, 0.25) is 0 Å². The van der Waals surface area contributed by atoms with Crippen molar-refractivity contribution in [3.8, 4) is 0 Å². The van der Waals surface area contributed by atoms with E-state index >= 15 is 0 Å². The van der Waals surface area contributed by atoms with Crippen LogP contribution in [0.25, 0.3) is 0 Å². The van der Waals surface area contributed by atoms with E-state index in [4.69, 9.17) is 9.47 Å². The number of carbonyl (C=O) groups is 1. The highest BCUT2D eigenvalue weighted by Crippen LogP contribution is 2.23. The highest BCUT2D eigenvalue weighted by Gasteiger charge is 2.27. The van der Waals surface area contributed by atoms with E-state index in [9.17, 15) is 4.79 Å². The van der Waals surface area contributed by atoms with E-state index in [0.29, 0.717) is 19.8 Å².